The van der Waals surface area contributed by atoms with E-state index >= 15 is 0 Å². The molecule has 1 saturated heterocycles. The largest absolute Gasteiger partial charge is 0.449 e. The molecule has 1 saturated carbocycles. The van der Waals surface area contributed by atoms with Gasteiger partial charge in [-0.25, -0.2) is 0 Å². The number of aliphatic hydroxyl groups is 1. The summed E-state index contributed by atoms with van der Waals surface area (Å²) in [6.45, 7) is -1.01. The van der Waals surface area contributed by atoms with Crippen LogP contribution < -0.4 is 0 Å². The Hall–Kier alpha value is -0.730. The van der Waals surface area contributed by atoms with Crippen LogP contribution in [0.4, 0.5) is 22.0 Å². The molecule has 0 radical (unpaired) electrons. The highest BCUT2D eigenvalue weighted by atomic mass is 19.4. The maximum Gasteiger partial charge on any atom is 0.449 e. The van der Waals surface area contributed by atoms with Crippen molar-refractivity contribution >= 4 is 0 Å². The number of halogens is 5. The minimum atomic E-state index is -5.59. The van der Waals surface area contributed by atoms with E-state index in [4.69, 9.17) is 4.74 Å². The van der Waals surface area contributed by atoms with Gasteiger partial charge >= 0.3 is 17.9 Å². The minimum Gasteiger partial charge on any atom is -0.354 e. The summed E-state index contributed by atoms with van der Waals surface area (Å²) in [5.74, 6) is -9.91. The van der Waals surface area contributed by atoms with Gasteiger partial charge in [0.05, 0.1) is 0 Å². The molecule has 2 fully saturated rings. The second kappa shape index (κ2) is 4.14. The Morgan fingerprint density at radius 2 is 1.85 bits per heavy atom. The SMILES string of the molecule is OC1(C(F)(F)F)OCOC(C2CC3C=C[C@H]2C3)C1(F)F. The summed E-state index contributed by atoms with van der Waals surface area (Å²) in [6.07, 6.45) is -2.98. The van der Waals surface area contributed by atoms with Crippen molar-refractivity contribution in [1.29, 1.82) is 0 Å². The van der Waals surface area contributed by atoms with Crippen molar-refractivity contribution in [3.05, 3.63) is 12.2 Å². The van der Waals surface area contributed by atoms with Crippen molar-refractivity contribution in [2.24, 2.45) is 17.8 Å². The normalized spacial score (nSPS) is 46.9. The first-order chi connectivity index (χ1) is 9.17. The predicted octanol–water partition coefficient (Wildman–Crippen LogP) is 2.46. The summed E-state index contributed by atoms with van der Waals surface area (Å²) in [4.78, 5) is 0. The number of hydrogen-bond acceptors (Lipinski definition) is 3. The number of rotatable bonds is 1. The van der Waals surface area contributed by atoms with Crippen molar-refractivity contribution in [2.45, 2.75) is 36.8 Å². The number of ether oxygens (including phenoxy) is 2. The summed E-state index contributed by atoms with van der Waals surface area (Å²) in [6, 6.07) is 0. The molecule has 3 nitrogen and oxygen atoms in total. The summed E-state index contributed by atoms with van der Waals surface area (Å²) >= 11 is 0. The molecule has 114 valence electrons. The molecule has 0 spiro atoms. The van der Waals surface area contributed by atoms with Crippen LogP contribution in [0.2, 0.25) is 0 Å². The summed E-state index contributed by atoms with van der Waals surface area (Å²) < 4.78 is 75.1. The highest BCUT2D eigenvalue weighted by molar-refractivity contribution is 5.14. The lowest BCUT2D eigenvalue weighted by molar-refractivity contribution is -0.487. The van der Waals surface area contributed by atoms with Crippen LogP contribution in [-0.2, 0) is 9.47 Å². The smallest absolute Gasteiger partial charge is 0.354 e. The third-order valence-electron chi connectivity index (χ3n) is 4.43. The Morgan fingerprint density at radius 3 is 2.35 bits per heavy atom. The van der Waals surface area contributed by atoms with Crippen LogP contribution in [-0.4, -0.2) is 35.9 Å². The van der Waals surface area contributed by atoms with E-state index in [0.29, 0.717) is 12.8 Å². The molecule has 1 aliphatic heterocycles. The molecule has 0 aromatic rings. The van der Waals surface area contributed by atoms with E-state index in [1.54, 1.807) is 6.08 Å². The molecular formula is C12H13F5O3. The van der Waals surface area contributed by atoms with E-state index in [-0.39, 0.29) is 11.8 Å². The fourth-order valence-corrected chi connectivity index (χ4v) is 3.42. The molecule has 3 rings (SSSR count). The van der Waals surface area contributed by atoms with Crippen LogP contribution in [0.3, 0.4) is 0 Å². The average molecular weight is 300 g/mol. The monoisotopic (exact) mass is 300 g/mol. The van der Waals surface area contributed by atoms with Crippen LogP contribution >= 0.6 is 0 Å². The lowest BCUT2D eigenvalue weighted by Gasteiger charge is -2.46. The third kappa shape index (κ3) is 1.74. The lowest BCUT2D eigenvalue weighted by atomic mass is 9.82. The quantitative estimate of drug-likeness (QED) is 0.597. The molecule has 2 aliphatic carbocycles. The minimum absolute atomic E-state index is 0.103. The third-order valence-corrected chi connectivity index (χ3v) is 4.43. The van der Waals surface area contributed by atoms with E-state index in [2.05, 4.69) is 4.74 Å². The molecule has 2 bridgehead atoms. The fraction of sp³-hybridized carbons (Fsp3) is 0.833. The van der Waals surface area contributed by atoms with Crippen LogP contribution in [0.5, 0.6) is 0 Å². The van der Waals surface area contributed by atoms with E-state index < -0.39 is 36.7 Å². The van der Waals surface area contributed by atoms with Crippen LogP contribution in [0.1, 0.15) is 12.8 Å². The van der Waals surface area contributed by atoms with Crippen LogP contribution in [0, 0.1) is 17.8 Å². The maximum absolute atomic E-state index is 14.1. The van der Waals surface area contributed by atoms with Crippen LogP contribution in [0.25, 0.3) is 0 Å². The van der Waals surface area contributed by atoms with E-state index in [1.807, 2.05) is 6.08 Å². The summed E-state index contributed by atoms with van der Waals surface area (Å²) in [5.41, 5.74) is 0. The molecule has 4 unspecified atom stereocenters. The first-order valence-electron chi connectivity index (χ1n) is 6.27. The lowest BCUT2D eigenvalue weighted by Crippen LogP contribution is -2.70. The predicted molar refractivity (Wildman–Crippen MR) is 55.6 cm³/mol. The number of allylic oxidation sites excluding steroid dienone is 2. The Kier molecular flexibility index (Phi) is 2.94. The van der Waals surface area contributed by atoms with Gasteiger partial charge in [-0.3, -0.25) is 0 Å². The van der Waals surface area contributed by atoms with E-state index in [0.717, 1.165) is 0 Å². The van der Waals surface area contributed by atoms with Gasteiger partial charge in [0.2, 0.25) is 0 Å². The number of hydrogen-bond donors (Lipinski definition) is 1. The zero-order chi connectivity index (χ0) is 14.8. The average Bonchev–Trinajstić information content (AvgIpc) is 2.93. The van der Waals surface area contributed by atoms with Gasteiger partial charge in [-0.1, -0.05) is 12.2 Å². The molecule has 1 N–H and O–H groups in total. The zero-order valence-electron chi connectivity index (χ0n) is 10.2. The molecule has 0 aromatic heterocycles. The first kappa shape index (κ1) is 14.2. The Balaban J connectivity index is 1.91. The summed E-state index contributed by atoms with van der Waals surface area (Å²) in [5, 5.41) is 9.34. The van der Waals surface area contributed by atoms with Crippen molar-refractivity contribution in [3.63, 3.8) is 0 Å². The van der Waals surface area contributed by atoms with Gasteiger partial charge < -0.3 is 14.6 Å². The molecular weight excluding hydrogens is 287 g/mol. The fourth-order valence-electron chi connectivity index (χ4n) is 3.42. The van der Waals surface area contributed by atoms with Gasteiger partial charge in [0, 0.05) is 0 Å². The van der Waals surface area contributed by atoms with Crippen LogP contribution in [0.15, 0.2) is 12.2 Å². The van der Waals surface area contributed by atoms with Gasteiger partial charge in [-0.05, 0) is 30.6 Å². The highest BCUT2D eigenvalue weighted by Gasteiger charge is 2.77. The Labute approximate surface area is 111 Å². The first-order valence-corrected chi connectivity index (χ1v) is 6.27. The highest BCUT2D eigenvalue weighted by Crippen LogP contribution is 2.54. The maximum atomic E-state index is 14.1. The second-order valence-electron chi connectivity index (χ2n) is 5.56. The topological polar surface area (TPSA) is 38.7 Å². The molecule has 5 atom stereocenters. The number of alkyl halides is 5. The number of fused-ring (bicyclic) bond motifs is 2. The standard InChI is InChI=1S/C12H13F5O3/c13-10(14)9(8-4-6-1-2-7(8)3-6)19-5-20-11(10,18)12(15,16)17/h1-2,6-9,18H,3-5H2/t6?,7-,8?,9?,11?/m0/s1. The van der Waals surface area contributed by atoms with Crippen molar-refractivity contribution in [3.8, 4) is 0 Å². The van der Waals surface area contributed by atoms with Crippen molar-refractivity contribution in [2.75, 3.05) is 6.79 Å². The molecule has 8 heteroatoms. The molecule has 0 aromatic carbocycles. The van der Waals surface area contributed by atoms with Gasteiger partial charge in [-0.2, -0.15) is 22.0 Å². The van der Waals surface area contributed by atoms with Gasteiger partial charge in [0.1, 0.15) is 6.10 Å². The van der Waals surface area contributed by atoms with Gasteiger partial charge in [0.25, 0.3) is 0 Å². The van der Waals surface area contributed by atoms with Crippen molar-refractivity contribution < 1.29 is 36.5 Å². The summed E-state index contributed by atoms with van der Waals surface area (Å²) in [7, 11) is 0. The molecule has 1 heterocycles. The van der Waals surface area contributed by atoms with E-state index in [1.165, 1.54) is 0 Å². The second-order valence-corrected chi connectivity index (χ2v) is 5.56. The Bertz CT molecular complexity index is 435. The molecule has 3 aliphatic rings. The molecule has 20 heavy (non-hydrogen) atoms. The van der Waals surface area contributed by atoms with Crippen molar-refractivity contribution in [1.82, 2.24) is 0 Å². The van der Waals surface area contributed by atoms with E-state index in [9.17, 15) is 27.1 Å². The zero-order valence-corrected chi connectivity index (χ0v) is 10.2. The molecule has 0 amide bonds. The Morgan fingerprint density at radius 1 is 1.15 bits per heavy atom. The van der Waals surface area contributed by atoms with Gasteiger partial charge in [0.15, 0.2) is 6.79 Å². The van der Waals surface area contributed by atoms with Gasteiger partial charge in [-0.15, -0.1) is 0 Å².